The Kier molecular flexibility index (Phi) is 5.00. The third kappa shape index (κ3) is 3.30. The third-order valence-corrected chi connectivity index (χ3v) is 5.24. The van der Waals surface area contributed by atoms with Crippen LogP contribution in [0.3, 0.4) is 0 Å². The molecule has 0 saturated carbocycles. The second-order valence-electron chi connectivity index (χ2n) is 7.13. The van der Waals surface area contributed by atoms with Crippen LogP contribution in [0.5, 0.6) is 0 Å². The first-order chi connectivity index (χ1) is 14.4. The van der Waals surface area contributed by atoms with Gasteiger partial charge in [-0.25, -0.2) is 9.97 Å². The lowest BCUT2D eigenvalue weighted by molar-refractivity contribution is -0.136. The molecule has 1 fully saturated rings. The van der Waals surface area contributed by atoms with Gasteiger partial charge in [-0.05, 0) is 25.0 Å². The van der Waals surface area contributed by atoms with E-state index in [0.717, 1.165) is 4.90 Å². The Bertz CT molecular complexity index is 1080. The molecule has 10 heteroatoms. The van der Waals surface area contributed by atoms with Crippen molar-refractivity contribution in [2.75, 3.05) is 5.32 Å². The van der Waals surface area contributed by atoms with E-state index in [4.69, 9.17) is 5.73 Å². The van der Waals surface area contributed by atoms with E-state index in [2.05, 4.69) is 20.6 Å². The highest BCUT2D eigenvalue weighted by Gasteiger charge is 2.45. The van der Waals surface area contributed by atoms with Crippen LogP contribution in [-0.2, 0) is 22.7 Å². The number of hydrogen-bond donors (Lipinski definition) is 3. The molecule has 2 aliphatic rings. The summed E-state index contributed by atoms with van der Waals surface area (Å²) in [6, 6.07) is 4.01. The maximum Gasteiger partial charge on any atom is 0.262 e. The third-order valence-electron chi connectivity index (χ3n) is 5.24. The Morgan fingerprint density at radius 3 is 2.73 bits per heavy atom. The number of fused-ring (bicyclic) bond motifs is 1. The van der Waals surface area contributed by atoms with Crippen molar-refractivity contribution in [3.05, 3.63) is 52.6 Å². The zero-order valence-corrected chi connectivity index (χ0v) is 16.3. The van der Waals surface area contributed by atoms with E-state index in [1.807, 2.05) is 6.92 Å². The lowest BCUT2D eigenvalue weighted by Crippen LogP contribution is -2.54. The monoisotopic (exact) mass is 408 g/mol. The number of nitrogens with one attached hydrogen (secondary N) is 2. The molecule has 0 bridgehead atoms. The SMILES string of the molecule is Cc1nc(CN)ncc1NCc1cccc2c1C(=O)N(C1CCC(=O)NC1=O)C2=O. The van der Waals surface area contributed by atoms with Crippen LogP contribution in [0.25, 0.3) is 0 Å². The molecule has 1 saturated heterocycles. The molecule has 4 N–H and O–H groups in total. The number of benzene rings is 1. The minimum absolute atomic E-state index is 0.0797. The molecule has 10 nitrogen and oxygen atoms in total. The van der Waals surface area contributed by atoms with Crippen LogP contribution in [0.2, 0.25) is 0 Å². The standard InChI is InChI=1S/C20H20N6O4/c1-10-13(9-23-15(7-21)24-10)22-8-11-3-2-4-12-17(11)20(30)26(19(12)29)14-5-6-16(27)25-18(14)28/h2-4,9,14,22H,5-8,21H2,1H3,(H,25,27,28). The average Bonchev–Trinajstić information content (AvgIpc) is 2.98. The van der Waals surface area contributed by atoms with Crippen molar-refractivity contribution >= 4 is 29.3 Å². The van der Waals surface area contributed by atoms with Gasteiger partial charge in [0.05, 0.1) is 35.2 Å². The van der Waals surface area contributed by atoms with E-state index in [9.17, 15) is 19.2 Å². The van der Waals surface area contributed by atoms with Crippen LogP contribution in [0.15, 0.2) is 24.4 Å². The summed E-state index contributed by atoms with van der Waals surface area (Å²) in [5, 5.41) is 5.37. The van der Waals surface area contributed by atoms with E-state index in [1.165, 1.54) is 0 Å². The Morgan fingerprint density at radius 1 is 1.23 bits per heavy atom. The van der Waals surface area contributed by atoms with Gasteiger partial charge in [-0.2, -0.15) is 0 Å². The molecular formula is C20H20N6O4. The van der Waals surface area contributed by atoms with Gasteiger partial charge in [0.25, 0.3) is 11.8 Å². The number of anilines is 1. The minimum Gasteiger partial charge on any atom is -0.378 e. The summed E-state index contributed by atoms with van der Waals surface area (Å²) < 4.78 is 0. The molecule has 0 aliphatic carbocycles. The van der Waals surface area contributed by atoms with Crippen molar-refractivity contribution in [3.8, 4) is 0 Å². The Morgan fingerprint density at radius 2 is 2.03 bits per heavy atom. The van der Waals surface area contributed by atoms with Gasteiger partial charge in [-0.15, -0.1) is 0 Å². The predicted octanol–water partition coefficient (Wildman–Crippen LogP) is 0.257. The fourth-order valence-corrected chi connectivity index (χ4v) is 3.71. The van der Waals surface area contributed by atoms with Crippen LogP contribution in [0.1, 0.15) is 50.6 Å². The van der Waals surface area contributed by atoms with Gasteiger partial charge in [0, 0.05) is 13.0 Å². The molecule has 2 aliphatic heterocycles. The molecule has 0 radical (unpaired) electrons. The number of aryl methyl sites for hydroxylation is 1. The quantitative estimate of drug-likeness (QED) is 0.597. The molecule has 3 heterocycles. The summed E-state index contributed by atoms with van der Waals surface area (Å²) in [7, 11) is 0. The summed E-state index contributed by atoms with van der Waals surface area (Å²) in [4.78, 5) is 59.0. The molecule has 154 valence electrons. The number of imide groups is 2. The van der Waals surface area contributed by atoms with Crippen LogP contribution in [0, 0.1) is 6.92 Å². The van der Waals surface area contributed by atoms with Crippen molar-refractivity contribution < 1.29 is 19.2 Å². The maximum atomic E-state index is 13.1. The van der Waals surface area contributed by atoms with E-state index in [0.29, 0.717) is 22.8 Å². The molecule has 4 rings (SSSR count). The first kappa shape index (κ1) is 19.6. The van der Waals surface area contributed by atoms with Gasteiger partial charge in [-0.3, -0.25) is 29.4 Å². The second-order valence-corrected chi connectivity index (χ2v) is 7.13. The van der Waals surface area contributed by atoms with Crippen LogP contribution >= 0.6 is 0 Å². The highest BCUT2D eigenvalue weighted by atomic mass is 16.2. The summed E-state index contributed by atoms with van der Waals surface area (Å²) in [6.45, 7) is 2.32. The number of carbonyl (C=O) groups excluding carboxylic acids is 4. The van der Waals surface area contributed by atoms with E-state index in [1.54, 1.807) is 24.4 Å². The minimum atomic E-state index is -0.990. The number of amides is 4. The fourth-order valence-electron chi connectivity index (χ4n) is 3.71. The van der Waals surface area contributed by atoms with Crippen molar-refractivity contribution in [1.82, 2.24) is 20.2 Å². The number of carbonyl (C=O) groups is 4. The molecule has 0 spiro atoms. The summed E-state index contributed by atoms with van der Waals surface area (Å²) in [6.07, 6.45) is 1.82. The van der Waals surface area contributed by atoms with E-state index in [-0.39, 0.29) is 37.1 Å². The molecular weight excluding hydrogens is 388 g/mol. The van der Waals surface area contributed by atoms with Crippen LogP contribution in [-0.4, -0.2) is 44.5 Å². The molecule has 2 aromatic rings. The number of nitrogens with two attached hydrogens (primary N) is 1. The zero-order chi connectivity index (χ0) is 21.4. The highest BCUT2D eigenvalue weighted by molar-refractivity contribution is 6.24. The van der Waals surface area contributed by atoms with Crippen molar-refractivity contribution in [3.63, 3.8) is 0 Å². The molecule has 1 aromatic carbocycles. The Balaban J connectivity index is 1.59. The largest absolute Gasteiger partial charge is 0.378 e. The first-order valence-electron chi connectivity index (χ1n) is 9.50. The smallest absolute Gasteiger partial charge is 0.262 e. The summed E-state index contributed by atoms with van der Waals surface area (Å²) >= 11 is 0. The second kappa shape index (κ2) is 7.64. The van der Waals surface area contributed by atoms with Crippen LogP contribution < -0.4 is 16.4 Å². The summed E-state index contributed by atoms with van der Waals surface area (Å²) in [5.74, 6) is -1.57. The molecule has 1 atom stereocenters. The normalized spacial score (nSPS) is 18.5. The van der Waals surface area contributed by atoms with Gasteiger partial charge in [0.1, 0.15) is 11.9 Å². The predicted molar refractivity (Wildman–Crippen MR) is 105 cm³/mol. The van der Waals surface area contributed by atoms with Crippen molar-refractivity contribution in [1.29, 1.82) is 0 Å². The first-order valence-corrected chi connectivity index (χ1v) is 9.50. The van der Waals surface area contributed by atoms with Crippen LogP contribution in [0.4, 0.5) is 5.69 Å². The zero-order valence-electron chi connectivity index (χ0n) is 16.3. The Labute approximate surface area is 171 Å². The van der Waals surface area contributed by atoms with Gasteiger partial charge in [-0.1, -0.05) is 12.1 Å². The molecule has 1 unspecified atom stereocenters. The van der Waals surface area contributed by atoms with Crippen molar-refractivity contribution in [2.24, 2.45) is 5.73 Å². The molecule has 1 aromatic heterocycles. The number of aromatic nitrogens is 2. The van der Waals surface area contributed by atoms with E-state index < -0.39 is 29.7 Å². The lowest BCUT2D eigenvalue weighted by atomic mass is 10.0. The number of rotatable bonds is 5. The Hall–Kier alpha value is -3.66. The maximum absolute atomic E-state index is 13.1. The molecule has 30 heavy (non-hydrogen) atoms. The number of nitrogens with zero attached hydrogens (tertiary/aromatic N) is 3. The van der Waals surface area contributed by atoms with Gasteiger partial charge in [0.2, 0.25) is 11.8 Å². The van der Waals surface area contributed by atoms with Gasteiger partial charge < -0.3 is 11.1 Å². The lowest BCUT2D eigenvalue weighted by Gasteiger charge is -2.27. The van der Waals surface area contributed by atoms with Gasteiger partial charge in [0.15, 0.2) is 0 Å². The average molecular weight is 408 g/mol. The number of hydrogen-bond acceptors (Lipinski definition) is 8. The fraction of sp³-hybridized carbons (Fsp3) is 0.300. The topological polar surface area (TPSA) is 147 Å². The van der Waals surface area contributed by atoms with Crippen molar-refractivity contribution in [2.45, 2.75) is 38.9 Å². The highest BCUT2D eigenvalue weighted by Crippen LogP contribution is 2.30. The number of piperidine rings is 1. The van der Waals surface area contributed by atoms with E-state index >= 15 is 0 Å². The van der Waals surface area contributed by atoms with Gasteiger partial charge >= 0.3 is 0 Å². The summed E-state index contributed by atoms with van der Waals surface area (Å²) in [5.41, 5.74) is 8.07. The molecule has 4 amide bonds.